The second kappa shape index (κ2) is 7.06. The summed E-state index contributed by atoms with van der Waals surface area (Å²) in [6.45, 7) is 2.62. The molecule has 2 aromatic heterocycles. The first-order valence-corrected chi connectivity index (χ1v) is 8.50. The summed E-state index contributed by atoms with van der Waals surface area (Å²) in [7, 11) is 1.65. The van der Waals surface area contributed by atoms with Crippen molar-refractivity contribution in [1.29, 1.82) is 0 Å². The van der Waals surface area contributed by atoms with Crippen LogP contribution in [0, 0.1) is 0 Å². The van der Waals surface area contributed by atoms with E-state index in [-0.39, 0.29) is 0 Å². The molecule has 25 heavy (non-hydrogen) atoms. The fourth-order valence-electron chi connectivity index (χ4n) is 3.28. The highest BCUT2D eigenvalue weighted by Crippen LogP contribution is 2.23. The predicted molar refractivity (Wildman–Crippen MR) is 91.9 cm³/mol. The van der Waals surface area contributed by atoms with Gasteiger partial charge in [-0.1, -0.05) is 5.16 Å². The van der Waals surface area contributed by atoms with E-state index in [9.17, 15) is 0 Å². The maximum atomic E-state index is 5.46. The Balaban J connectivity index is 1.43. The van der Waals surface area contributed by atoms with Gasteiger partial charge in [-0.05, 0) is 49.7 Å². The fourth-order valence-corrected chi connectivity index (χ4v) is 3.28. The molecule has 0 N–H and O–H groups in total. The smallest absolute Gasteiger partial charge is 0.241 e. The summed E-state index contributed by atoms with van der Waals surface area (Å²) in [5.74, 6) is 2.07. The molecule has 0 saturated carbocycles. The second-order valence-electron chi connectivity index (χ2n) is 6.23. The van der Waals surface area contributed by atoms with Crippen molar-refractivity contribution >= 4 is 0 Å². The summed E-state index contributed by atoms with van der Waals surface area (Å²) in [6, 6.07) is 10.1. The molecule has 1 aromatic carbocycles. The quantitative estimate of drug-likeness (QED) is 0.687. The van der Waals surface area contributed by atoms with Crippen LogP contribution < -0.4 is 4.74 Å². The molecule has 130 valence electrons. The van der Waals surface area contributed by atoms with Crippen molar-refractivity contribution in [1.82, 2.24) is 24.8 Å². The van der Waals surface area contributed by atoms with Gasteiger partial charge in [-0.3, -0.25) is 9.58 Å². The van der Waals surface area contributed by atoms with Gasteiger partial charge in [-0.15, -0.1) is 0 Å². The summed E-state index contributed by atoms with van der Waals surface area (Å²) < 4.78 is 12.6. The molecule has 1 fully saturated rings. The highest BCUT2D eigenvalue weighted by Gasteiger charge is 2.26. The molecule has 0 radical (unpaired) electrons. The normalized spacial score (nSPS) is 17.9. The van der Waals surface area contributed by atoms with Crippen molar-refractivity contribution in [2.45, 2.75) is 32.0 Å². The monoisotopic (exact) mass is 339 g/mol. The molecular weight excluding hydrogens is 318 g/mol. The molecule has 0 amide bonds. The van der Waals surface area contributed by atoms with E-state index >= 15 is 0 Å². The maximum Gasteiger partial charge on any atom is 0.241 e. The number of aromatic nitrogens is 4. The number of likely N-dealkylation sites (tertiary alicyclic amines) is 1. The van der Waals surface area contributed by atoms with Crippen LogP contribution in [0.5, 0.6) is 5.75 Å². The minimum atomic E-state index is 0.455. The lowest BCUT2D eigenvalue weighted by atomic mass is 10.2. The molecule has 0 unspecified atom stereocenters. The zero-order valence-corrected chi connectivity index (χ0v) is 14.2. The van der Waals surface area contributed by atoms with Gasteiger partial charge in [0.1, 0.15) is 5.75 Å². The molecule has 1 saturated heterocycles. The Morgan fingerprint density at radius 2 is 2.16 bits per heavy atom. The third kappa shape index (κ3) is 3.56. The van der Waals surface area contributed by atoms with Crippen molar-refractivity contribution < 1.29 is 9.26 Å². The molecule has 1 aliphatic rings. The molecular formula is C18H21N5O2. The Kier molecular flexibility index (Phi) is 4.47. The minimum absolute atomic E-state index is 0.455. The lowest BCUT2D eigenvalue weighted by Crippen LogP contribution is -2.32. The van der Waals surface area contributed by atoms with Gasteiger partial charge in [0.15, 0.2) is 0 Å². The summed E-state index contributed by atoms with van der Waals surface area (Å²) in [5, 5.41) is 8.42. The first-order chi connectivity index (χ1) is 12.3. The Bertz CT molecular complexity index is 797. The van der Waals surface area contributed by atoms with Crippen LogP contribution in [0.2, 0.25) is 0 Å². The van der Waals surface area contributed by atoms with Crippen LogP contribution in [0.4, 0.5) is 0 Å². The van der Waals surface area contributed by atoms with Crippen LogP contribution in [0.25, 0.3) is 11.4 Å². The highest BCUT2D eigenvalue weighted by atomic mass is 16.5. The molecule has 4 rings (SSSR count). The van der Waals surface area contributed by atoms with E-state index in [4.69, 9.17) is 9.26 Å². The van der Waals surface area contributed by atoms with Crippen molar-refractivity contribution in [3.05, 3.63) is 48.6 Å². The van der Waals surface area contributed by atoms with E-state index in [1.54, 1.807) is 7.11 Å². The van der Waals surface area contributed by atoms with Crippen molar-refractivity contribution in [2.24, 2.45) is 0 Å². The van der Waals surface area contributed by atoms with Crippen molar-refractivity contribution in [3.63, 3.8) is 0 Å². The van der Waals surface area contributed by atoms with Crippen molar-refractivity contribution in [3.8, 4) is 17.1 Å². The van der Waals surface area contributed by atoms with E-state index in [0.717, 1.165) is 24.4 Å². The second-order valence-corrected chi connectivity index (χ2v) is 6.23. The lowest BCUT2D eigenvalue weighted by molar-refractivity contribution is 0.192. The molecule has 0 bridgehead atoms. The topological polar surface area (TPSA) is 69.2 Å². The summed E-state index contributed by atoms with van der Waals surface area (Å²) in [4.78, 5) is 6.94. The van der Waals surface area contributed by atoms with E-state index in [1.807, 2.05) is 47.4 Å². The van der Waals surface area contributed by atoms with Crippen LogP contribution in [0.3, 0.4) is 0 Å². The molecule has 0 spiro atoms. The number of ether oxygens (including phenoxy) is 1. The Morgan fingerprint density at radius 1 is 1.28 bits per heavy atom. The number of hydrogen-bond acceptors (Lipinski definition) is 6. The van der Waals surface area contributed by atoms with Gasteiger partial charge in [0.05, 0.1) is 20.2 Å². The van der Waals surface area contributed by atoms with Crippen LogP contribution in [-0.4, -0.2) is 44.5 Å². The number of benzene rings is 1. The largest absolute Gasteiger partial charge is 0.497 e. The third-order valence-electron chi connectivity index (χ3n) is 4.61. The van der Waals surface area contributed by atoms with Crippen LogP contribution in [0.15, 0.2) is 47.2 Å². The standard InChI is InChI=1S/C18H21N5O2/c1-24-16-7-5-14(6-8-16)18-20-17(25-21-18)13-22-10-2-4-15(22)12-23-11-3-9-19-23/h3,5-9,11,15H,2,4,10,12-13H2,1H3/t15-/m1/s1. The van der Waals surface area contributed by atoms with E-state index in [2.05, 4.69) is 20.1 Å². The highest BCUT2D eigenvalue weighted by molar-refractivity contribution is 5.55. The van der Waals surface area contributed by atoms with E-state index in [1.165, 1.54) is 12.8 Å². The SMILES string of the molecule is COc1ccc(-c2noc(CN3CCC[C@@H]3Cn3cccn3)n2)cc1. The number of rotatable bonds is 6. The number of nitrogens with zero attached hydrogens (tertiary/aromatic N) is 5. The van der Waals surface area contributed by atoms with Crippen LogP contribution >= 0.6 is 0 Å². The zero-order chi connectivity index (χ0) is 17.1. The Labute approximate surface area is 146 Å². The van der Waals surface area contributed by atoms with E-state index in [0.29, 0.717) is 24.3 Å². The molecule has 1 atom stereocenters. The molecule has 1 aliphatic heterocycles. The summed E-state index contributed by atoms with van der Waals surface area (Å²) in [6.07, 6.45) is 6.17. The molecule has 3 heterocycles. The average Bonchev–Trinajstić information content (AvgIpc) is 3.39. The average molecular weight is 339 g/mol. The van der Waals surface area contributed by atoms with Gasteiger partial charge in [0.2, 0.25) is 11.7 Å². The Hall–Kier alpha value is -2.67. The number of methoxy groups -OCH3 is 1. The Morgan fingerprint density at radius 3 is 2.92 bits per heavy atom. The zero-order valence-electron chi connectivity index (χ0n) is 14.2. The molecule has 7 heteroatoms. The third-order valence-corrected chi connectivity index (χ3v) is 4.61. The van der Waals surface area contributed by atoms with Crippen LogP contribution in [-0.2, 0) is 13.1 Å². The molecule has 7 nitrogen and oxygen atoms in total. The molecule has 3 aromatic rings. The fraction of sp³-hybridized carbons (Fsp3) is 0.389. The summed E-state index contributed by atoms with van der Waals surface area (Å²) in [5.41, 5.74) is 0.922. The predicted octanol–water partition coefficient (Wildman–Crippen LogP) is 2.61. The van der Waals surface area contributed by atoms with Gasteiger partial charge in [0, 0.05) is 24.0 Å². The van der Waals surface area contributed by atoms with E-state index < -0.39 is 0 Å². The first kappa shape index (κ1) is 15.8. The van der Waals surface area contributed by atoms with Gasteiger partial charge >= 0.3 is 0 Å². The molecule has 0 aliphatic carbocycles. The van der Waals surface area contributed by atoms with Gasteiger partial charge in [-0.2, -0.15) is 10.1 Å². The minimum Gasteiger partial charge on any atom is -0.497 e. The van der Waals surface area contributed by atoms with Crippen LogP contribution in [0.1, 0.15) is 18.7 Å². The van der Waals surface area contributed by atoms with Gasteiger partial charge in [0.25, 0.3) is 0 Å². The van der Waals surface area contributed by atoms with Gasteiger partial charge < -0.3 is 9.26 Å². The lowest BCUT2D eigenvalue weighted by Gasteiger charge is -2.22. The summed E-state index contributed by atoms with van der Waals surface area (Å²) >= 11 is 0. The first-order valence-electron chi connectivity index (χ1n) is 8.50. The number of hydrogen-bond donors (Lipinski definition) is 0. The maximum absolute atomic E-state index is 5.46. The van der Waals surface area contributed by atoms with Gasteiger partial charge in [-0.25, -0.2) is 0 Å². The van der Waals surface area contributed by atoms with Crippen molar-refractivity contribution in [2.75, 3.05) is 13.7 Å².